The predicted molar refractivity (Wildman–Crippen MR) is 95.1 cm³/mol. The molecular formula is C20H18ClNO2. The molecule has 3 nitrogen and oxygen atoms in total. The maximum atomic E-state index is 13.0. The Kier molecular flexibility index (Phi) is 3.81. The zero-order valence-electron chi connectivity index (χ0n) is 13.2. The standard InChI is InChI=1S/C20H18ClNO2/c21-17-7-4-8-18(23)19(17)20(24)22-15-9-10-16(22)12-14(11-15)13-5-2-1-3-6-13/h1-8,11,15-16,23H,9-10,12H2. The van der Waals surface area contributed by atoms with Gasteiger partial charge in [-0.25, -0.2) is 0 Å². The van der Waals surface area contributed by atoms with Crippen molar-refractivity contribution in [3.63, 3.8) is 0 Å². The first-order chi connectivity index (χ1) is 11.6. The molecular weight excluding hydrogens is 322 g/mol. The molecule has 2 aliphatic rings. The van der Waals surface area contributed by atoms with Gasteiger partial charge in [0.25, 0.3) is 5.91 Å². The van der Waals surface area contributed by atoms with E-state index in [-0.39, 0.29) is 29.3 Å². The number of benzene rings is 2. The van der Waals surface area contributed by atoms with Gasteiger partial charge in [-0.2, -0.15) is 0 Å². The second-order valence-electron chi connectivity index (χ2n) is 6.41. The molecule has 1 N–H and O–H groups in total. The van der Waals surface area contributed by atoms with Crippen molar-refractivity contribution >= 4 is 23.1 Å². The highest BCUT2D eigenvalue weighted by Gasteiger charge is 2.41. The van der Waals surface area contributed by atoms with Crippen molar-refractivity contribution in [3.8, 4) is 5.75 Å². The lowest BCUT2D eigenvalue weighted by atomic mass is 9.94. The van der Waals surface area contributed by atoms with Crippen LogP contribution in [0.5, 0.6) is 5.75 Å². The van der Waals surface area contributed by atoms with E-state index in [0.717, 1.165) is 19.3 Å². The second-order valence-corrected chi connectivity index (χ2v) is 6.81. The molecule has 2 unspecified atom stereocenters. The van der Waals surface area contributed by atoms with Crippen LogP contribution >= 0.6 is 11.6 Å². The number of hydrogen-bond acceptors (Lipinski definition) is 2. The van der Waals surface area contributed by atoms with Gasteiger partial charge in [0.2, 0.25) is 0 Å². The molecule has 0 saturated carbocycles. The molecule has 0 aliphatic carbocycles. The minimum Gasteiger partial charge on any atom is -0.507 e. The predicted octanol–water partition coefficient (Wildman–Crippen LogP) is 4.51. The van der Waals surface area contributed by atoms with E-state index < -0.39 is 0 Å². The van der Waals surface area contributed by atoms with Crippen molar-refractivity contribution in [2.24, 2.45) is 0 Å². The van der Waals surface area contributed by atoms with Gasteiger partial charge in [-0.05, 0) is 42.5 Å². The largest absolute Gasteiger partial charge is 0.507 e. The number of carbonyl (C=O) groups is 1. The molecule has 4 rings (SSSR count). The minimum atomic E-state index is -0.172. The van der Waals surface area contributed by atoms with E-state index in [4.69, 9.17) is 11.6 Å². The third kappa shape index (κ3) is 2.49. The SMILES string of the molecule is O=C(c1c(O)cccc1Cl)N1C2C=C(c3ccccc3)CC1CC2. The van der Waals surface area contributed by atoms with Crippen molar-refractivity contribution in [2.45, 2.75) is 31.3 Å². The summed E-state index contributed by atoms with van der Waals surface area (Å²) >= 11 is 6.16. The van der Waals surface area contributed by atoms with Gasteiger partial charge in [0.05, 0.1) is 16.6 Å². The summed E-state index contributed by atoms with van der Waals surface area (Å²) in [7, 11) is 0. The van der Waals surface area contributed by atoms with Crippen LogP contribution in [0, 0.1) is 0 Å². The van der Waals surface area contributed by atoms with E-state index in [1.54, 1.807) is 12.1 Å². The van der Waals surface area contributed by atoms with Crippen LogP contribution in [0.1, 0.15) is 35.2 Å². The average Bonchev–Trinajstić information content (AvgIpc) is 2.85. The zero-order valence-corrected chi connectivity index (χ0v) is 13.9. The Hall–Kier alpha value is -2.26. The van der Waals surface area contributed by atoms with Gasteiger partial charge in [0.15, 0.2) is 0 Å². The molecule has 2 heterocycles. The molecule has 2 aromatic carbocycles. The molecule has 0 spiro atoms. The quantitative estimate of drug-likeness (QED) is 0.874. The van der Waals surface area contributed by atoms with Gasteiger partial charge in [-0.15, -0.1) is 0 Å². The third-order valence-electron chi connectivity index (χ3n) is 4.98. The lowest BCUT2D eigenvalue weighted by Gasteiger charge is -2.34. The molecule has 2 bridgehead atoms. The first-order valence-corrected chi connectivity index (χ1v) is 8.59. The molecule has 0 aromatic heterocycles. The number of rotatable bonds is 2. The normalized spacial score (nSPS) is 22.4. The Labute approximate surface area is 146 Å². The fourth-order valence-electron chi connectivity index (χ4n) is 3.87. The first kappa shape index (κ1) is 15.3. The van der Waals surface area contributed by atoms with Crippen molar-refractivity contribution in [2.75, 3.05) is 0 Å². The van der Waals surface area contributed by atoms with E-state index in [1.807, 2.05) is 23.1 Å². The number of amides is 1. The smallest absolute Gasteiger partial charge is 0.259 e. The molecule has 122 valence electrons. The molecule has 24 heavy (non-hydrogen) atoms. The fourth-order valence-corrected chi connectivity index (χ4v) is 4.12. The lowest BCUT2D eigenvalue weighted by molar-refractivity contribution is 0.0689. The maximum Gasteiger partial charge on any atom is 0.259 e. The lowest BCUT2D eigenvalue weighted by Crippen LogP contribution is -2.43. The fraction of sp³-hybridized carbons (Fsp3) is 0.250. The Bertz CT molecular complexity index is 795. The molecule has 1 saturated heterocycles. The summed E-state index contributed by atoms with van der Waals surface area (Å²) in [6.07, 6.45) is 4.98. The molecule has 2 atom stereocenters. The summed E-state index contributed by atoms with van der Waals surface area (Å²) < 4.78 is 0. The van der Waals surface area contributed by atoms with E-state index >= 15 is 0 Å². The van der Waals surface area contributed by atoms with Crippen LogP contribution in [0.3, 0.4) is 0 Å². The molecule has 0 radical (unpaired) electrons. The van der Waals surface area contributed by atoms with Crippen LogP contribution < -0.4 is 0 Å². The Morgan fingerprint density at radius 2 is 1.88 bits per heavy atom. The van der Waals surface area contributed by atoms with Gasteiger partial charge < -0.3 is 10.0 Å². The summed E-state index contributed by atoms with van der Waals surface area (Å²) in [5, 5.41) is 10.4. The number of phenols is 1. The van der Waals surface area contributed by atoms with E-state index in [1.165, 1.54) is 17.2 Å². The van der Waals surface area contributed by atoms with Gasteiger partial charge in [0, 0.05) is 6.04 Å². The summed E-state index contributed by atoms with van der Waals surface area (Å²) in [6.45, 7) is 0. The minimum absolute atomic E-state index is 0.0512. The van der Waals surface area contributed by atoms with Crippen molar-refractivity contribution in [1.29, 1.82) is 0 Å². The van der Waals surface area contributed by atoms with Crippen LogP contribution in [-0.4, -0.2) is 28.0 Å². The number of phenolic OH excluding ortho intramolecular Hbond substituents is 1. The van der Waals surface area contributed by atoms with Crippen LogP contribution in [-0.2, 0) is 0 Å². The van der Waals surface area contributed by atoms with E-state index in [9.17, 15) is 9.90 Å². The van der Waals surface area contributed by atoms with E-state index in [0.29, 0.717) is 5.02 Å². The molecule has 1 amide bonds. The number of fused-ring (bicyclic) bond motifs is 2. The average molecular weight is 340 g/mol. The van der Waals surface area contributed by atoms with E-state index in [2.05, 4.69) is 18.2 Å². The van der Waals surface area contributed by atoms with Crippen molar-refractivity contribution in [1.82, 2.24) is 4.90 Å². The highest BCUT2D eigenvalue weighted by Crippen LogP contribution is 2.40. The van der Waals surface area contributed by atoms with Crippen LogP contribution in [0.2, 0.25) is 5.02 Å². The van der Waals surface area contributed by atoms with Crippen molar-refractivity contribution < 1.29 is 9.90 Å². The summed E-state index contributed by atoms with van der Waals surface area (Å²) in [5.41, 5.74) is 2.74. The number of halogens is 1. The third-order valence-corrected chi connectivity index (χ3v) is 5.29. The number of nitrogens with zero attached hydrogens (tertiary/aromatic N) is 1. The van der Waals surface area contributed by atoms with Crippen LogP contribution in [0.4, 0.5) is 0 Å². The molecule has 2 aliphatic heterocycles. The molecule has 2 aromatic rings. The summed E-state index contributed by atoms with van der Waals surface area (Å²) in [4.78, 5) is 14.9. The Balaban J connectivity index is 1.67. The monoisotopic (exact) mass is 339 g/mol. The molecule has 1 fully saturated rings. The van der Waals surface area contributed by atoms with Crippen LogP contribution in [0.25, 0.3) is 5.57 Å². The Morgan fingerprint density at radius 3 is 2.58 bits per heavy atom. The summed E-state index contributed by atoms with van der Waals surface area (Å²) in [5.74, 6) is -0.223. The van der Waals surface area contributed by atoms with Crippen molar-refractivity contribution in [3.05, 3.63) is 70.8 Å². The number of hydrogen-bond donors (Lipinski definition) is 1. The highest BCUT2D eigenvalue weighted by molar-refractivity contribution is 6.34. The van der Waals surface area contributed by atoms with Gasteiger partial charge >= 0.3 is 0 Å². The topological polar surface area (TPSA) is 40.5 Å². The highest BCUT2D eigenvalue weighted by atomic mass is 35.5. The first-order valence-electron chi connectivity index (χ1n) is 8.21. The molecule has 4 heteroatoms. The second kappa shape index (κ2) is 5.99. The number of aromatic hydroxyl groups is 1. The summed E-state index contributed by atoms with van der Waals surface area (Å²) in [6, 6.07) is 15.4. The van der Waals surface area contributed by atoms with Gasteiger partial charge in [0.1, 0.15) is 5.75 Å². The van der Waals surface area contributed by atoms with Gasteiger partial charge in [-0.1, -0.05) is 54.1 Å². The maximum absolute atomic E-state index is 13.0. The van der Waals surface area contributed by atoms with Crippen LogP contribution in [0.15, 0.2) is 54.6 Å². The Morgan fingerprint density at radius 1 is 1.08 bits per heavy atom. The number of carbonyl (C=O) groups excluding carboxylic acids is 1. The zero-order chi connectivity index (χ0) is 16.7. The van der Waals surface area contributed by atoms with Gasteiger partial charge in [-0.3, -0.25) is 4.79 Å².